The highest BCUT2D eigenvalue weighted by molar-refractivity contribution is 5.89. The van der Waals surface area contributed by atoms with Crippen molar-refractivity contribution in [3.63, 3.8) is 0 Å². The van der Waals surface area contributed by atoms with Gasteiger partial charge in [0.25, 0.3) is 0 Å². The van der Waals surface area contributed by atoms with E-state index in [0.29, 0.717) is 0 Å². The molecule has 1 N–H and O–H groups in total. The lowest BCUT2D eigenvalue weighted by Crippen LogP contribution is -2.22. The van der Waals surface area contributed by atoms with Crippen LogP contribution in [0.25, 0.3) is 0 Å². The minimum absolute atomic E-state index is 0.174. The Bertz CT molecular complexity index is 195. The number of hydrogen-bond donors (Lipinski definition) is 1. The smallest absolute Gasteiger partial charge is 0.426 e. The number of ether oxygens (including phenoxy) is 1. The van der Waals surface area contributed by atoms with E-state index in [1.165, 1.54) is 6.92 Å². The van der Waals surface area contributed by atoms with Gasteiger partial charge in [-0.15, -0.1) is 0 Å². The molecule has 0 amide bonds. The molecule has 0 radical (unpaired) electrons. The van der Waals surface area contributed by atoms with Crippen molar-refractivity contribution in [2.75, 3.05) is 6.61 Å². The SMILES string of the molecule is CCOC(=O)C(=CO)C(F)(F)F. The van der Waals surface area contributed by atoms with Crippen molar-refractivity contribution >= 4 is 5.97 Å². The number of hydrogen-bond acceptors (Lipinski definition) is 3. The molecular weight excluding hydrogens is 177 g/mol. The Hall–Kier alpha value is -1.20. The zero-order chi connectivity index (χ0) is 9.78. The molecule has 0 bridgehead atoms. The van der Waals surface area contributed by atoms with Gasteiger partial charge in [0, 0.05) is 0 Å². The standard InChI is InChI=1S/C6H7F3O3/c1-2-12-5(11)4(3-10)6(7,8)9/h3,10H,2H2,1H3. The van der Waals surface area contributed by atoms with Gasteiger partial charge in [-0.3, -0.25) is 0 Å². The van der Waals surface area contributed by atoms with E-state index < -0.39 is 17.7 Å². The molecule has 0 atom stereocenters. The number of carbonyl (C=O) groups excluding carboxylic acids is 1. The molecule has 0 spiro atoms. The van der Waals surface area contributed by atoms with Gasteiger partial charge in [0.1, 0.15) is 0 Å². The van der Waals surface area contributed by atoms with Crippen LogP contribution in [-0.4, -0.2) is 23.9 Å². The van der Waals surface area contributed by atoms with Gasteiger partial charge < -0.3 is 9.84 Å². The average Bonchev–Trinajstić information content (AvgIpc) is 1.85. The summed E-state index contributed by atoms with van der Waals surface area (Å²) >= 11 is 0. The van der Waals surface area contributed by atoms with Crippen LogP contribution < -0.4 is 0 Å². The summed E-state index contributed by atoms with van der Waals surface area (Å²) in [6.07, 6.45) is -5.18. The predicted molar refractivity (Wildman–Crippen MR) is 33.4 cm³/mol. The van der Waals surface area contributed by atoms with Crippen LogP contribution in [0.15, 0.2) is 11.8 Å². The zero-order valence-electron chi connectivity index (χ0n) is 6.18. The van der Waals surface area contributed by atoms with E-state index in [-0.39, 0.29) is 12.9 Å². The van der Waals surface area contributed by atoms with Crippen molar-refractivity contribution in [3.8, 4) is 0 Å². The van der Waals surface area contributed by atoms with Crippen molar-refractivity contribution in [3.05, 3.63) is 11.8 Å². The fourth-order valence-corrected chi connectivity index (χ4v) is 0.450. The van der Waals surface area contributed by atoms with Crippen molar-refractivity contribution in [2.45, 2.75) is 13.1 Å². The maximum Gasteiger partial charge on any atom is 0.426 e. The van der Waals surface area contributed by atoms with Crippen LogP contribution in [-0.2, 0) is 9.53 Å². The molecule has 3 nitrogen and oxygen atoms in total. The Balaban J connectivity index is 4.49. The first-order valence-corrected chi connectivity index (χ1v) is 3.02. The molecule has 0 aromatic carbocycles. The summed E-state index contributed by atoms with van der Waals surface area (Å²) in [5.74, 6) is -1.58. The van der Waals surface area contributed by atoms with Crippen molar-refractivity contribution < 1.29 is 27.8 Å². The van der Waals surface area contributed by atoms with Gasteiger partial charge in [-0.25, -0.2) is 4.79 Å². The van der Waals surface area contributed by atoms with Crippen molar-refractivity contribution in [1.29, 1.82) is 0 Å². The third kappa shape index (κ3) is 2.81. The molecule has 0 heterocycles. The molecule has 0 aliphatic carbocycles. The Kier molecular flexibility index (Phi) is 3.59. The van der Waals surface area contributed by atoms with Crippen molar-refractivity contribution in [1.82, 2.24) is 0 Å². The lowest BCUT2D eigenvalue weighted by molar-refractivity contribution is -0.150. The van der Waals surface area contributed by atoms with Crippen LogP contribution in [0.1, 0.15) is 6.92 Å². The van der Waals surface area contributed by atoms with E-state index in [0.717, 1.165) is 0 Å². The molecule has 6 heteroatoms. The van der Waals surface area contributed by atoms with Gasteiger partial charge in [0.05, 0.1) is 12.9 Å². The van der Waals surface area contributed by atoms with Crippen LogP contribution in [0.3, 0.4) is 0 Å². The van der Waals surface area contributed by atoms with E-state index in [1.54, 1.807) is 0 Å². The van der Waals surface area contributed by atoms with Crippen molar-refractivity contribution in [2.24, 2.45) is 0 Å². The van der Waals surface area contributed by atoms with Crippen LogP contribution in [0, 0.1) is 0 Å². The first kappa shape index (κ1) is 10.8. The molecule has 0 aromatic rings. The molecule has 0 rings (SSSR count). The highest BCUT2D eigenvalue weighted by atomic mass is 19.4. The Morgan fingerprint density at radius 1 is 1.58 bits per heavy atom. The fourth-order valence-electron chi connectivity index (χ4n) is 0.450. The lowest BCUT2D eigenvalue weighted by atomic mass is 10.3. The molecule has 0 aromatic heterocycles. The highest BCUT2D eigenvalue weighted by Gasteiger charge is 2.40. The summed E-state index contributed by atoms with van der Waals surface area (Å²) in [7, 11) is 0. The average molecular weight is 184 g/mol. The first-order valence-electron chi connectivity index (χ1n) is 3.02. The molecule has 0 aliphatic heterocycles. The molecular formula is C6H7F3O3. The van der Waals surface area contributed by atoms with Crippen LogP contribution >= 0.6 is 0 Å². The molecule has 0 saturated heterocycles. The molecule has 0 saturated carbocycles. The van der Waals surface area contributed by atoms with Crippen LogP contribution in [0.5, 0.6) is 0 Å². The van der Waals surface area contributed by atoms with E-state index in [1.807, 2.05) is 0 Å². The number of halogens is 3. The second-order valence-electron chi connectivity index (χ2n) is 1.76. The largest absolute Gasteiger partial charge is 0.515 e. The number of alkyl halides is 3. The maximum atomic E-state index is 11.8. The molecule has 12 heavy (non-hydrogen) atoms. The van der Waals surface area contributed by atoms with E-state index >= 15 is 0 Å². The normalized spacial score (nSPS) is 12.8. The highest BCUT2D eigenvalue weighted by Crippen LogP contribution is 2.25. The molecule has 0 fully saturated rings. The third-order valence-corrected chi connectivity index (χ3v) is 0.930. The fraction of sp³-hybridized carbons (Fsp3) is 0.500. The Morgan fingerprint density at radius 2 is 2.08 bits per heavy atom. The van der Waals surface area contributed by atoms with Gasteiger partial charge >= 0.3 is 12.1 Å². The predicted octanol–water partition coefficient (Wildman–Crippen LogP) is 1.55. The lowest BCUT2D eigenvalue weighted by Gasteiger charge is -2.08. The van der Waals surface area contributed by atoms with Gasteiger partial charge in [0.15, 0.2) is 5.57 Å². The molecule has 0 aliphatic rings. The minimum atomic E-state index is -4.87. The number of carbonyl (C=O) groups is 1. The van der Waals surface area contributed by atoms with Crippen LogP contribution in [0.4, 0.5) is 13.2 Å². The van der Waals surface area contributed by atoms with Gasteiger partial charge in [0.2, 0.25) is 0 Å². The maximum absolute atomic E-state index is 11.8. The summed E-state index contributed by atoms with van der Waals surface area (Å²) in [4.78, 5) is 10.5. The van der Waals surface area contributed by atoms with E-state index in [9.17, 15) is 18.0 Å². The summed E-state index contributed by atoms with van der Waals surface area (Å²) in [6.45, 7) is 1.19. The minimum Gasteiger partial charge on any atom is -0.515 e. The number of aliphatic hydroxyl groups is 1. The van der Waals surface area contributed by atoms with E-state index in [4.69, 9.17) is 5.11 Å². The summed E-state index contributed by atoms with van der Waals surface area (Å²) in [6, 6.07) is 0. The number of rotatable bonds is 2. The summed E-state index contributed by atoms with van der Waals surface area (Å²) < 4.78 is 39.3. The molecule has 70 valence electrons. The van der Waals surface area contributed by atoms with Gasteiger partial charge in [-0.1, -0.05) is 0 Å². The van der Waals surface area contributed by atoms with E-state index in [2.05, 4.69) is 4.74 Å². The second kappa shape index (κ2) is 3.99. The number of esters is 1. The monoisotopic (exact) mass is 184 g/mol. The zero-order valence-corrected chi connectivity index (χ0v) is 6.18. The quantitative estimate of drug-likeness (QED) is 0.402. The molecule has 0 unspecified atom stereocenters. The summed E-state index contributed by atoms with van der Waals surface area (Å²) in [5.41, 5.74) is -1.70. The topological polar surface area (TPSA) is 46.5 Å². The van der Waals surface area contributed by atoms with Gasteiger partial charge in [-0.2, -0.15) is 13.2 Å². The second-order valence-corrected chi connectivity index (χ2v) is 1.76. The third-order valence-electron chi connectivity index (χ3n) is 0.930. The van der Waals surface area contributed by atoms with Gasteiger partial charge in [-0.05, 0) is 6.92 Å². The number of aliphatic hydroxyl groups excluding tert-OH is 1. The Morgan fingerprint density at radius 3 is 2.33 bits per heavy atom. The first-order chi connectivity index (χ1) is 5.43. The van der Waals surface area contributed by atoms with Crippen LogP contribution in [0.2, 0.25) is 0 Å². The summed E-state index contributed by atoms with van der Waals surface area (Å²) in [5, 5.41) is 8.08. The Labute approximate surface area is 66.4 Å².